The third-order valence-electron chi connectivity index (χ3n) is 4.84. The number of para-hydroxylation sites is 1. The van der Waals surface area contributed by atoms with E-state index in [1.165, 1.54) is 5.39 Å². The molecule has 0 unspecified atom stereocenters. The number of hydrogen-bond acceptors (Lipinski definition) is 5. The lowest BCUT2D eigenvalue weighted by atomic mass is 9.92. The average molecular weight is 339 g/mol. The molecular weight excluding hydrogens is 322 g/mol. The molecule has 1 saturated heterocycles. The van der Waals surface area contributed by atoms with Crippen molar-refractivity contribution in [1.29, 1.82) is 0 Å². The lowest BCUT2D eigenvalue weighted by Crippen LogP contribution is -2.46. The number of anilines is 1. The molecule has 0 atom stereocenters. The van der Waals surface area contributed by atoms with E-state index in [9.17, 15) is 0 Å². The summed E-state index contributed by atoms with van der Waals surface area (Å²) in [5, 5.41) is 1.17. The molecule has 4 aromatic rings. The Kier molecular flexibility index (Phi) is 3.56. The second-order valence-corrected chi connectivity index (χ2v) is 6.50. The molecule has 5 rings (SSSR count). The van der Waals surface area contributed by atoms with E-state index in [0.717, 1.165) is 41.4 Å². The summed E-state index contributed by atoms with van der Waals surface area (Å²) in [4.78, 5) is 20.5. The van der Waals surface area contributed by atoms with E-state index < -0.39 is 0 Å². The molecule has 1 aliphatic heterocycles. The van der Waals surface area contributed by atoms with Crippen LogP contribution in [0.25, 0.3) is 22.2 Å². The summed E-state index contributed by atoms with van der Waals surface area (Å²) in [5.41, 5.74) is 4.01. The molecule has 4 heterocycles. The summed E-state index contributed by atoms with van der Waals surface area (Å²) in [5.74, 6) is 1.37. The highest BCUT2D eigenvalue weighted by atomic mass is 15.2. The normalized spacial score (nSPS) is 14.4. The summed E-state index contributed by atoms with van der Waals surface area (Å²) >= 11 is 0. The molecule has 5 heteroatoms. The van der Waals surface area contributed by atoms with Crippen LogP contribution in [0.3, 0.4) is 0 Å². The number of aromatic nitrogens is 4. The SMILES string of the molecule is c1cncc(-c2nccnc2C2CN(c3ccc4ccccc4n3)C2)c1. The second kappa shape index (κ2) is 6.19. The van der Waals surface area contributed by atoms with Crippen molar-refractivity contribution in [2.24, 2.45) is 0 Å². The van der Waals surface area contributed by atoms with Crippen molar-refractivity contribution < 1.29 is 0 Å². The minimum atomic E-state index is 0.354. The number of hydrogen-bond donors (Lipinski definition) is 0. The first-order valence-electron chi connectivity index (χ1n) is 8.70. The molecular formula is C21H17N5. The summed E-state index contributed by atoms with van der Waals surface area (Å²) < 4.78 is 0. The summed E-state index contributed by atoms with van der Waals surface area (Å²) in [6, 6.07) is 16.4. The lowest BCUT2D eigenvalue weighted by molar-refractivity contribution is 0.509. The first kappa shape index (κ1) is 15.0. The van der Waals surface area contributed by atoms with Gasteiger partial charge in [-0.2, -0.15) is 0 Å². The standard InChI is InChI=1S/C21H17N5/c1-2-6-18-15(4-1)7-8-19(25-18)26-13-17(14-26)21-20(23-10-11-24-21)16-5-3-9-22-12-16/h1-12,17H,13-14H2. The van der Waals surface area contributed by atoms with Gasteiger partial charge in [0.2, 0.25) is 0 Å². The molecule has 1 fully saturated rings. The minimum Gasteiger partial charge on any atom is -0.355 e. The van der Waals surface area contributed by atoms with Gasteiger partial charge in [0, 0.05) is 54.7 Å². The maximum Gasteiger partial charge on any atom is 0.129 e. The molecule has 3 aromatic heterocycles. The van der Waals surface area contributed by atoms with Crippen molar-refractivity contribution in [2.45, 2.75) is 5.92 Å². The fourth-order valence-corrected chi connectivity index (χ4v) is 3.44. The van der Waals surface area contributed by atoms with E-state index in [2.05, 4.69) is 44.1 Å². The van der Waals surface area contributed by atoms with Gasteiger partial charge in [0.1, 0.15) is 5.82 Å². The molecule has 0 bridgehead atoms. The van der Waals surface area contributed by atoms with Crippen molar-refractivity contribution in [2.75, 3.05) is 18.0 Å². The zero-order valence-corrected chi connectivity index (χ0v) is 14.2. The van der Waals surface area contributed by atoms with E-state index in [1.807, 2.05) is 30.5 Å². The Balaban J connectivity index is 1.40. The van der Waals surface area contributed by atoms with Crippen LogP contribution in [-0.2, 0) is 0 Å². The highest BCUT2D eigenvalue weighted by Gasteiger charge is 2.32. The van der Waals surface area contributed by atoms with Gasteiger partial charge >= 0.3 is 0 Å². The molecule has 126 valence electrons. The average Bonchev–Trinajstić information content (AvgIpc) is 2.68. The molecule has 0 spiro atoms. The highest BCUT2D eigenvalue weighted by molar-refractivity contribution is 5.80. The lowest BCUT2D eigenvalue weighted by Gasteiger charge is -2.40. The van der Waals surface area contributed by atoms with Gasteiger partial charge in [-0.1, -0.05) is 18.2 Å². The van der Waals surface area contributed by atoms with Crippen molar-refractivity contribution in [3.8, 4) is 11.3 Å². The van der Waals surface area contributed by atoms with Crippen LogP contribution in [0.4, 0.5) is 5.82 Å². The zero-order chi connectivity index (χ0) is 17.3. The fraction of sp³-hybridized carbons (Fsp3) is 0.143. The smallest absolute Gasteiger partial charge is 0.129 e. The number of rotatable bonds is 3. The van der Waals surface area contributed by atoms with Gasteiger partial charge in [0.15, 0.2) is 0 Å². The van der Waals surface area contributed by atoms with Crippen molar-refractivity contribution in [1.82, 2.24) is 19.9 Å². The van der Waals surface area contributed by atoms with Gasteiger partial charge < -0.3 is 4.90 Å². The number of fused-ring (bicyclic) bond motifs is 1. The minimum absolute atomic E-state index is 0.354. The molecule has 0 amide bonds. The molecule has 1 aliphatic rings. The van der Waals surface area contributed by atoms with Gasteiger partial charge in [-0.05, 0) is 30.3 Å². The Hall–Kier alpha value is -3.34. The third-order valence-corrected chi connectivity index (χ3v) is 4.84. The summed E-state index contributed by atoms with van der Waals surface area (Å²) in [7, 11) is 0. The van der Waals surface area contributed by atoms with Crippen LogP contribution in [0, 0.1) is 0 Å². The zero-order valence-electron chi connectivity index (χ0n) is 14.2. The topological polar surface area (TPSA) is 54.8 Å². The van der Waals surface area contributed by atoms with Crippen LogP contribution in [-0.4, -0.2) is 33.0 Å². The second-order valence-electron chi connectivity index (χ2n) is 6.50. The molecule has 1 aromatic carbocycles. The number of benzene rings is 1. The van der Waals surface area contributed by atoms with Gasteiger partial charge in [0.25, 0.3) is 0 Å². The summed E-state index contributed by atoms with van der Waals surface area (Å²) in [6.45, 7) is 1.80. The van der Waals surface area contributed by atoms with Crippen LogP contribution in [0.2, 0.25) is 0 Å². The first-order chi connectivity index (χ1) is 12.9. The van der Waals surface area contributed by atoms with Gasteiger partial charge in [-0.3, -0.25) is 15.0 Å². The molecule has 0 saturated carbocycles. The quantitative estimate of drug-likeness (QED) is 0.570. The van der Waals surface area contributed by atoms with Crippen LogP contribution in [0.5, 0.6) is 0 Å². The van der Waals surface area contributed by atoms with E-state index in [-0.39, 0.29) is 0 Å². The molecule has 0 radical (unpaired) electrons. The van der Waals surface area contributed by atoms with E-state index in [1.54, 1.807) is 18.6 Å². The van der Waals surface area contributed by atoms with Crippen LogP contribution >= 0.6 is 0 Å². The predicted molar refractivity (Wildman–Crippen MR) is 102 cm³/mol. The van der Waals surface area contributed by atoms with Crippen LogP contribution < -0.4 is 4.90 Å². The van der Waals surface area contributed by atoms with Gasteiger partial charge in [-0.15, -0.1) is 0 Å². The highest BCUT2D eigenvalue weighted by Crippen LogP contribution is 2.34. The maximum absolute atomic E-state index is 4.79. The number of pyridine rings is 2. The molecule has 26 heavy (non-hydrogen) atoms. The van der Waals surface area contributed by atoms with Crippen LogP contribution in [0.15, 0.2) is 73.3 Å². The van der Waals surface area contributed by atoms with Crippen molar-refractivity contribution >= 4 is 16.7 Å². The largest absolute Gasteiger partial charge is 0.355 e. The van der Waals surface area contributed by atoms with E-state index in [4.69, 9.17) is 4.98 Å². The monoisotopic (exact) mass is 339 g/mol. The van der Waals surface area contributed by atoms with Crippen molar-refractivity contribution in [3.63, 3.8) is 0 Å². The Morgan fingerprint density at radius 2 is 1.73 bits per heavy atom. The van der Waals surface area contributed by atoms with Crippen LogP contribution in [0.1, 0.15) is 11.6 Å². The molecule has 5 nitrogen and oxygen atoms in total. The van der Waals surface area contributed by atoms with E-state index >= 15 is 0 Å². The molecule has 0 aliphatic carbocycles. The van der Waals surface area contributed by atoms with Crippen molar-refractivity contribution in [3.05, 3.63) is 79.0 Å². The Morgan fingerprint density at radius 1 is 0.846 bits per heavy atom. The Morgan fingerprint density at radius 3 is 2.62 bits per heavy atom. The van der Waals surface area contributed by atoms with Gasteiger partial charge in [-0.25, -0.2) is 4.98 Å². The Labute approximate surface area is 151 Å². The summed E-state index contributed by atoms with van der Waals surface area (Å²) in [6.07, 6.45) is 7.13. The number of nitrogens with zero attached hydrogens (tertiary/aromatic N) is 5. The molecule has 0 N–H and O–H groups in total. The third kappa shape index (κ3) is 2.58. The van der Waals surface area contributed by atoms with E-state index in [0.29, 0.717) is 5.92 Å². The Bertz CT molecular complexity index is 1060. The van der Waals surface area contributed by atoms with Gasteiger partial charge in [0.05, 0.1) is 16.9 Å². The maximum atomic E-state index is 4.79. The first-order valence-corrected chi connectivity index (χ1v) is 8.70. The predicted octanol–water partition coefficient (Wildman–Crippen LogP) is 3.69. The fourth-order valence-electron chi connectivity index (χ4n) is 3.44.